The van der Waals surface area contributed by atoms with E-state index < -0.39 is 27.8 Å². The van der Waals surface area contributed by atoms with Crippen molar-refractivity contribution in [1.82, 2.24) is 5.32 Å². The molecule has 26 heavy (non-hydrogen) atoms. The lowest BCUT2D eigenvalue weighted by Gasteiger charge is -2.16. The van der Waals surface area contributed by atoms with Gasteiger partial charge in [-0.05, 0) is 43.7 Å². The summed E-state index contributed by atoms with van der Waals surface area (Å²) in [6.07, 6.45) is 0. The molecule has 1 amide bonds. The largest absolute Gasteiger partial charge is 0.479 e. The van der Waals surface area contributed by atoms with E-state index >= 15 is 0 Å². The van der Waals surface area contributed by atoms with Crippen molar-refractivity contribution in [3.8, 4) is 0 Å². The van der Waals surface area contributed by atoms with E-state index in [1.54, 1.807) is 12.1 Å². The first kappa shape index (κ1) is 19.7. The lowest BCUT2D eigenvalue weighted by Crippen LogP contribution is -2.33. The molecule has 0 aliphatic rings. The molecule has 0 spiro atoms. The second-order valence-electron chi connectivity index (χ2n) is 6.09. The van der Waals surface area contributed by atoms with Gasteiger partial charge >= 0.3 is 5.97 Å². The number of rotatable bonds is 6. The molecule has 2 N–H and O–H groups in total. The second-order valence-corrected chi connectivity index (χ2v) is 8.37. The smallest absolute Gasteiger partial charge is 0.330 e. The maximum Gasteiger partial charge on any atom is 0.330 e. The zero-order valence-electron chi connectivity index (χ0n) is 14.8. The first-order valence-electron chi connectivity index (χ1n) is 8.08. The van der Waals surface area contributed by atoms with Crippen LogP contribution in [0.1, 0.15) is 40.0 Å². The predicted octanol–water partition coefficient (Wildman–Crippen LogP) is 2.65. The SMILES string of the molecule is CCS(=O)(=O)c1ccc(C(=O)NC(C(=O)O)c2cc(C)cc(C)c2)cc1. The molecular weight excluding hydrogens is 354 g/mol. The number of hydrogen-bond donors (Lipinski definition) is 2. The van der Waals surface area contributed by atoms with Crippen molar-refractivity contribution in [3.63, 3.8) is 0 Å². The van der Waals surface area contributed by atoms with Gasteiger partial charge in [-0.2, -0.15) is 0 Å². The maximum atomic E-state index is 12.4. The van der Waals surface area contributed by atoms with Crippen molar-refractivity contribution in [3.05, 3.63) is 64.7 Å². The van der Waals surface area contributed by atoms with Crippen LogP contribution >= 0.6 is 0 Å². The summed E-state index contributed by atoms with van der Waals surface area (Å²) in [5, 5.41) is 12.0. The van der Waals surface area contributed by atoms with Crippen LogP contribution in [0.3, 0.4) is 0 Å². The lowest BCUT2D eigenvalue weighted by molar-refractivity contribution is -0.139. The van der Waals surface area contributed by atoms with Gasteiger partial charge in [0.15, 0.2) is 15.9 Å². The average molecular weight is 375 g/mol. The molecule has 0 saturated carbocycles. The fourth-order valence-corrected chi connectivity index (χ4v) is 3.54. The fraction of sp³-hybridized carbons (Fsp3) is 0.263. The molecule has 0 heterocycles. The molecule has 138 valence electrons. The minimum absolute atomic E-state index is 0.0354. The van der Waals surface area contributed by atoms with Gasteiger partial charge in [0, 0.05) is 5.56 Å². The van der Waals surface area contributed by atoms with E-state index in [1.807, 2.05) is 19.9 Å². The number of aryl methyl sites for hydroxylation is 2. The molecule has 0 saturated heterocycles. The van der Waals surface area contributed by atoms with Crippen LogP contribution in [0, 0.1) is 13.8 Å². The highest BCUT2D eigenvalue weighted by Crippen LogP contribution is 2.19. The number of carboxylic acids is 1. The quantitative estimate of drug-likeness (QED) is 0.808. The summed E-state index contributed by atoms with van der Waals surface area (Å²) < 4.78 is 23.6. The molecule has 1 unspecified atom stereocenters. The summed E-state index contributed by atoms with van der Waals surface area (Å²) in [6.45, 7) is 5.24. The Morgan fingerprint density at radius 3 is 2.04 bits per heavy atom. The number of sulfone groups is 1. The summed E-state index contributed by atoms with van der Waals surface area (Å²) in [4.78, 5) is 24.2. The Bertz CT molecular complexity index is 913. The van der Waals surface area contributed by atoms with Gasteiger partial charge in [0.1, 0.15) is 0 Å². The minimum Gasteiger partial charge on any atom is -0.479 e. The number of amides is 1. The van der Waals surface area contributed by atoms with E-state index in [2.05, 4.69) is 5.32 Å². The predicted molar refractivity (Wildman–Crippen MR) is 97.9 cm³/mol. The third kappa shape index (κ3) is 4.49. The molecule has 0 bridgehead atoms. The number of carbonyl (C=O) groups is 2. The number of benzene rings is 2. The molecule has 1 atom stereocenters. The Kier molecular flexibility index (Phi) is 5.82. The molecular formula is C19H21NO5S. The lowest BCUT2D eigenvalue weighted by atomic mass is 10.0. The van der Waals surface area contributed by atoms with Crippen molar-refractivity contribution in [2.45, 2.75) is 31.7 Å². The molecule has 6 nitrogen and oxygen atoms in total. The van der Waals surface area contributed by atoms with Gasteiger partial charge in [-0.3, -0.25) is 4.79 Å². The standard InChI is InChI=1S/C19H21NO5S/c1-4-26(24,25)16-7-5-14(6-8-16)18(21)20-17(19(22)23)15-10-12(2)9-13(3)11-15/h5-11,17H,4H2,1-3H3,(H,20,21)(H,22,23). The number of carboxylic acid groups (broad SMARTS) is 1. The van der Waals surface area contributed by atoms with E-state index in [4.69, 9.17) is 0 Å². The van der Waals surface area contributed by atoms with Crippen LogP contribution in [-0.2, 0) is 14.6 Å². The highest BCUT2D eigenvalue weighted by molar-refractivity contribution is 7.91. The third-order valence-electron chi connectivity index (χ3n) is 3.96. The van der Waals surface area contributed by atoms with Crippen molar-refractivity contribution in [2.24, 2.45) is 0 Å². The first-order chi connectivity index (χ1) is 12.1. The van der Waals surface area contributed by atoms with Crippen molar-refractivity contribution in [2.75, 3.05) is 5.75 Å². The summed E-state index contributed by atoms with van der Waals surface area (Å²) in [7, 11) is -3.36. The molecule has 0 radical (unpaired) electrons. The summed E-state index contributed by atoms with van der Waals surface area (Å²) in [6, 6.07) is 9.58. The monoisotopic (exact) mass is 375 g/mol. The van der Waals surface area contributed by atoms with Crippen molar-refractivity contribution >= 4 is 21.7 Å². The molecule has 2 aromatic carbocycles. The van der Waals surface area contributed by atoms with Crippen LogP contribution < -0.4 is 5.32 Å². The van der Waals surface area contributed by atoms with Gasteiger partial charge in [-0.25, -0.2) is 13.2 Å². The van der Waals surface area contributed by atoms with E-state index in [1.165, 1.54) is 31.2 Å². The summed E-state index contributed by atoms with van der Waals surface area (Å²) >= 11 is 0. The molecule has 0 aromatic heterocycles. The number of hydrogen-bond acceptors (Lipinski definition) is 4. The van der Waals surface area contributed by atoms with Gasteiger partial charge < -0.3 is 10.4 Å². The highest BCUT2D eigenvalue weighted by Gasteiger charge is 2.23. The highest BCUT2D eigenvalue weighted by atomic mass is 32.2. The summed E-state index contributed by atoms with van der Waals surface area (Å²) in [5.74, 6) is -1.79. The summed E-state index contributed by atoms with van der Waals surface area (Å²) in [5.41, 5.74) is 2.47. The number of nitrogens with one attached hydrogen (secondary N) is 1. The van der Waals surface area contributed by atoms with Crippen LogP contribution in [0.2, 0.25) is 0 Å². The van der Waals surface area contributed by atoms with E-state index in [0.29, 0.717) is 5.56 Å². The Balaban J connectivity index is 2.27. The van der Waals surface area contributed by atoms with Crippen molar-refractivity contribution < 1.29 is 23.1 Å². The Hall–Kier alpha value is -2.67. The molecule has 7 heteroatoms. The minimum atomic E-state index is -3.36. The van der Waals surface area contributed by atoms with Crippen LogP contribution in [0.5, 0.6) is 0 Å². The van der Waals surface area contributed by atoms with E-state index in [0.717, 1.165) is 11.1 Å². The van der Waals surface area contributed by atoms with Gasteiger partial charge in [-0.1, -0.05) is 36.2 Å². The Morgan fingerprint density at radius 1 is 1.04 bits per heavy atom. The van der Waals surface area contributed by atoms with Crippen LogP contribution in [0.15, 0.2) is 47.4 Å². The number of aliphatic carboxylic acids is 1. The molecule has 0 fully saturated rings. The normalized spacial score (nSPS) is 12.4. The van der Waals surface area contributed by atoms with Crippen LogP contribution in [0.4, 0.5) is 0 Å². The Labute approximate surface area is 152 Å². The number of carbonyl (C=O) groups excluding carboxylic acids is 1. The van der Waals surface area contributed by atoms with Gasteiger partial charge in [0.2, 0.25) is 0 Å². The van der Waals surface area contributed by atoms with Crippen LogP contribution in [-0.4, -0.2) is 31.2 Å². The van der Waals surface area contributed by atoms with E-state index in [9.17, 15) is 23.1 Å². The fourth-order valence-electron chi connectivity index (χ4n) is 2.66. The second kappa shape index (κ2) is 7.70. The van der Waals surface area contributed by atoms with Crippen LogP contribution in [0.25, 0.3) is 0 Å². The van der Waals surface area contributed by atoms with Gasteiger partial charge in [-0.15, -0.1) is 0 Å². The third-order valence-corrected chi connectivity index (χ3v) is 5.71. The van der Waals surface area contributed by atoms with E-state index in [-0.39, 0.29) is 16.2 Å². The molecule has 2 aromatic rings. The van der Waals surface area contributed by atoms with Gasteiger partial charge in [0.05, 0.1) is 10.6 Å². The average Bonchev–Trinajstić information content (AvgIpc) is 2.58. The zero-order chi connectivity index (χ0) is 19.5. The first-order valence-corrected chi connectivity index (χ1v) is 9.74. The Morgan fingerprint density at radius 2 is 1.58 bits per heavy atom. The topological polar surface area (TPSA) is 101 Å². The maximum absolute atomic E-state index is 12.4. The molecule has 0 aliphatic carbocycles. The van der Waals surface area contributed by atoms with Gasteiger partial charge in [0.25, 0.3) is 5.91 Å². The molecule has 2 rings (SSSR count). The van der Waals surface area contributed by atoms with Crippen molar-refractivity contribution in [1.29, 1.82) is 0 Å². The molecule has 0 aliphatic heterocycles. The zero-order valence-corrected chi connectivity index (χ0v) is 15.6.